The molecule has 1 N–H and O–H groups in total. The van der Waals surface area contributed by atoms with E-state index in [1.54, 1.807) is 0 Å². The minimum Gasteiger partial charge on any atom is -0.396 e. The quantitative estimate of drug-likeness (QED) is 0.805. The Labute approximate surface area is 101 Å². The summed E-state index contributed by atoms with van der Waals surface area (Å²) in [6, 6.07) is 0. The first-order valence-electron chi connectivity index (χ1n) is 6.47. The molecule has 0 aromatic rings. The molecule has 0 aromatic carbocycles. The standard InChI is InChI=1S/C14H18O3/c1-14-7-9(6-11(14)16)12-10(14)5-8(13(12)17)3-2-4-15/h5,9-10,12,15H,2-4,6-7H2,1H3/t9-,10+,12+,14+/m0/s1. The van der Waals surface area contributed by atoms with Gasteiger partial charge in [0.05, 0.1) is 0 Å². The van der Waals surface area contributed by atoms with Gasteiger partial charge in [-0.25, -0.2) is 0 Å². The van der Waals surface area contributed by atoms with Crippen molar-refractivity contribution in [2.45, 2.75) is 32.6 Å². The van der Waals surface area contributed by atoms with E-state index < -0.39 is 0 Å². The molecule has 0 heterocycles. The number of carbonyl (C=O) groups is 2. The van der Waals surface area contributed by atoms with Crippen molar-refractivity contribution >= 4 is 11.6 Å². The van der Waals surface area contributed by atoms with Crippen LogP contribution in [0.2, 0.25) is 0 Å². The van der Waals surface area contributed by atoms with E-state index >= 15 is 0 Å². The number of hydrogen-bond acceptors (Lipinski definition) is 3. The lowest BCUT2D eigenvalue weighted by Gasteiger charge is -2.29. The summed E-state index contributed by atoms with van der Waals surface area (Å²) in [7, 11) is 0. The van der Waals surface area contributed by atoms with Gasteiger partial charge in [0, 0.05) is 30.3 Å². The minimum atomic E-state index is -0.272. The van der Waals surface area contributed by atoms with Gasteiger partial charge in [0.15, 0.2) is 5.78 Å². The number of fused-ring (bicyclic) bond motifs is 5. The van der Waals surface area contributed by atoms with Crippen LogP contribution in [0.4, 0.5) is 0 Å². The zero-order valence-electron chi connectivity index (χ0n) is 10.1. The molecule has 2 fully saturated rings. The number of rotatable bonds is 3. The molecule has 0 amide bonds. The van der Waals surface area contributed by atoms with E-state index in [9.17, 15) is 9.59 Å². The lowest BCUT2D eigenvalue weighted by atomic mass is 9.72. The highest BCUT2D eigenvalue weighted by atomic mass is 16.3. The van der Waals surface area contributed by atoms with Crippen molar-refractivity contribution in [2.75, 3.05) is 6.61 Å². The van der Waals surface area contributed by atoms with Gasteiger partial charge >= 0.3 is 0 Å². The Morgan fingerprint density at radius 3 is 2.94 bits per heavy atom. The Morgan fingerprint density at radius 1 is 1.47 bits per heavy atom. The van der Waals surface area contributed by atoms with E-state index in [0.717, 1.165) is 12.0 Å². The molecule has 0 aromatic heterocycles. The molecule has 3 aliphatic carbocycles. The Balaban J connectivity index is 1.89. The van der Waals surface area contributed by atoms with Gasteiger partial charge in [-0.1, -0.05) is 13.0 Å². The van der Waals surface area contributed by atoms with Crippen molar-refractivity contribution in [3.05, 3.63) is 11.6 Å². The fourth-order valence-electron chi connectivity index (χ4n) is 4.12. The van der Waals surface area contributed by atoms with Crippen LogP contribution in [0, 0.1) is 23.2 Å². The average molecular weight is 234 g/mol. The summed E-state index contributed by atoms with van der Waals surface area (Å²) < 4.78 is 0. The summed E-state index contributed by atoms with van der Waals surface area (Å²) >= 11 is 0. The third kappa shape index (κ3) is 1.32. The average Bonchev–Trinajstić information content (AvgIpc) is 2.85. The lowest BCUT2D eigenvalue weighted by Crippen LogP contribution is -2.35. The molecule has 4 atom stereocenters. The van der Waals surface area contributed by atoms with Gasteiger partial charge in [0.25, 0.3) is 0 Å². The molecule has 0 aliphatic heterocycles. The predicted octanol–water partition coefficient (Wildman–Crippen LogP) is 1.50. The van der Waals surface area contributed by atoms with Gasteiger partial charge in [0.1, 0.15) is 5.78 Å². The molecule has 0 saturated heterocycles. The molecule has 2 saturated carbocycles. The van der Waals surface area contributed by atoms with Crippen molar-refractivity contribution in [3.63, 3.8) is 0 Å². The van der Waals surface area contributed by atoms with Gasteiger partial charge in [-0.05, 0) is 30.8 Å². The molecule has 3 nitrogen and oxygen atoms in total. The lowest BCUT2D eigenvalue weighted by molar-refractivity contribution is -0.130. The largest absolute Gasteiger partial charge is 0.396 e. The third-order valence-electron chi connectivity index (χ3n) is 5.01. The summed E-state index contributed by atoms with van der Waals surface area (Å²) in [6.45, 7) is 2.15. The van der Waals surface area contributed by atoms with Crippen molar-refractivity contribution in [1.82, 2.24) is 0 Å². The second kappa shape index (κ2) is 3.52. The molecule has 17 heavy (non-hydrogen) atoms. The zero-order chi connectivity index (χ0) is 12.2. The normalized spacial score (nSPS) is 43.2. The van der Waals surface area contributed by atoms with E-state index in [2.05, 4.69) is 0 Å². The fourth-order valence-corrected chi connectivity index (χ4v) is 4.12. The predicted molar refractivity (Wildman–Crippen MR) is 62.2 cm³/mol. The first-order valence-corrected chi connectivity index (χ1v) is 6.47. The topological polar surface area (TPSA) is 54.4 Å². The highest BCUT2D eigenvalue weighted by molar-refractivity contribution is 6.04. The van der Waals surface area contributed by atoms with E-state index in [4.69, 9.17) is 5.11 Å². The Bertz CT molecular complexity index is 423. The van der Waals surface area contributed by atoms with Crippen LogP contribution in [0.1, 0.15) is 32.6 Å². The SMILES string of the molecule is C[C@]12C[C@H](CC1=O)[C@H]1C(=O)C(CCCO)=C[C@H]12. The molecular weight excluding hydrogens is 216 g/mol. The maximum atomic E-state index is 12.3. The number of Topliss-reactive ketones (excluding diaryl/α,β-unsaturated/α-hetero) is 2. The van der Waals surface area contributed by atoms with E-state index in [0.29, 0.717) is 25.0 Å². The molecule has 2 bridgehead atoms. The summed E-state index contributed by atoms with van der Waals surface area (Å²) in [5.74, 6) is 1.11. The van der Waals surface area contributed by atoms with E-state index in [1.165, 1.54) is 0 Å². The van der Waals surface area contributed by atoms with Crippen LogP contribution in [-0.2, 0) is 9.59 Å². The van der Waals surface area contributed by atoms with E-state index in [-0.39, 0.29) is 35.6 Å². The van der Waals surface area contributed by atoms with Crippen molar-refractivity contribution in [2.24, 2.45) is 23.2 Å². The van der Waals surface area contributed by atoms with Crippen molar-refractivity contribution in [1.29, 1.82) is 0 Å². The molecule has 0 radical (unpaired) electrons. The smallest absolute Gasteiger partial charge is 0.162 e. The summed E-state index contributed by atoms with van der Waals surface area (Å²) in [6.07, 6.45) is 4.85. The number of aliphatic hydroxyl groups excluding tert-OH is 1. The highest BCUT2D eigenvalue weighted by Gasteiger charge is 2.63. The first kappa shape index (κ1) is 11.1. The first-order chi connectivity index (χ1) is 8.08. The van der Waals surface area contributed by atoms with Crippen molar-refractivity contribution in [3.8, 4) is 0 Å². The molecular formula is C14H18O3. The van der Waals surface area contributed by atoms with E-state index in [1.807, 2.05) is 13.0 Å². The maximum absolute atomic E-state index is 12.3. The van der Waals surface area contributed by atoms with Crippen LogP contribution in [-0.4, -0.2) is 23.3 Å². The van der Waals surface area contributed by atoms with Gasteiger partial charge in [-0.15, -0.1) is 0 Å². The van der Waals surface area contributed by atoms with Gasteiger partial charge in [-0.2, -0.15) is 0 Å². The highest BCUT2D eigenvalue weighted by Crippen LogP contribution is 2.62. The van der Waals surface area contributed by atoms with Gasteiger partial charge in [-0.3, -0.25) is 9.59 Å². The Morgan fingerprint density at radius 2 is 2.24 bits per heavy atom. The van der Waals surface area contributed by atoms with Crippen LogP contribution in [0.5, 0.6) is 0 Å². The monoisotopic (exact) mass is 234 g/mol. The maximum Gasteiger partial charge on any atom is 0.162 e. The molecule has 3 heteroatoms. The van der Waals surface area contributed by atoms with Crippen LogP contribution in [0.25, 0.3) is 0 Å². The molecule has 3 rings (SSSR count). The molecule has 3 aliphatic rings. The number of hydrogen-bond donors (Lipinski definition) is 1. The minimum absolute atomic E-state index is 0.0754. The van der Waals surface area contributed by atoms with Crippen LogP contribution < -0.4 is 0 Å². The molecule has 92 valence electrons. The van der Waals surface area contributed by atoms with Crippen molar-refractivity contribution < 1.29 is 14.7 Å². The zero-order valence-corrected chi connectivity index (χ0v) is 10.1. The second-order valence-corrected chi connectivity index (χ2v) is 5.94. The third-order valence-corrected chi connectivity index (χ3v) is 5.01. The summed E-state index contributed by atoms with van der Waals surface area (Å²) in [5, 5.41) is 8.83. The van der Waals surface area contributed by atoms with Crippen LogP contribution >= 0.6 is 0 Å². The molecule has 0 spiro atoms. The van der Waals surface area contributed by atoms with Gasteiger partial charge < -0.3 is 5.11 Å². The summed E-state index contributed by atoms with van der Waals surface area (Å²) in [5.41, 5.74) is 0.589. The Kier molecular flexibility index (Phi) is 2.31. The fraction of sp³-hybridized carbons (Fsp3) is 0.714. The summed E-state index contributed by atoms with van der Waals surface area (Å²) in [4.78, 5) is 24.2. The van der Waals surface area contributed by atoms with Gasteiger partial charge in [0.2, 0.25) is 0 Å². The number of carbonyl (C=O) groups excluding carboxylic acids is 2. The Hall–Kier alpha value is -0.960. The van der Waals surface area contributed by atoms with Crippen LogP contribution in [0.15, 0.2) is 11.6 Å². The molecule has 0 unspecified atom stereocenters. The number of allylic oxidation sites excluding steroid dienone is 2. The number of ketones is 2. The number of aliphatic hydroxyl groups is 1. The van der Waals surface area contributed by atoms with Crippen LogP contribution in [0.3, 0.4) is 0 Å². The second-order valence-electron chi connectivity index (χ2n) is 5.94.